The molecule has 7 nitrogen and oxygen atoms in total. The van der Waals surface area contributed by atoms with Gasteiger partial charge in [0.25, 0.3) is 0 Å². The molecule has 1 aromatic carbocycles. The maximum atomic E-state index is 5.79. The Morgan fingerprint density at radius 1 is 1.14 bits per heavy atom. The lowest BCUT2D eigenvalue weighted by Crippen LogP contribution is -2.52. The molecule has 0 spiro atoms. The molecule has 1 aromatic heterocycles. The number of halogens is 1. The van der Waals surface area contributed by atoms with Gasteiger partial charge in [0.1, 0.15) is 5.75 Å². The smallest absolute Gasteiger partial charge is 0.225 e. The zero-order valence-electron chi connectivity index (χ0n) is 17.4. The Morgan fingerprint density at radius 2 is 1.86 bits per heavy atom. The standard InChI is InChI=1S/C21H30N6O.HI/c1-4-22-20(25-16-18-7-5-8-19(15-18)28-17(2)3)26-11-13-27(14-12-26)21-23-9-6-10-24-21;/h5-10,15,17H,4,11-14,16H2,1-3H3,(H,22,25);1H. The maximum Gasteiger partial charge on any atom is 0.225 e. The molecule has 2 aromatic rings. The van der Waals surface area contributed by atoms with Crippen LogP contribution in [0.4, 0.5) is 5.95 Å². The zero-order valence-corrected chi connectivity index (χ0v) is 19.7. The predicted octanol–water partition coefficient (Wildman–Crippen LogP) is 3.17. The second-order valence-corrected chi connectivity index (χ2v) is 7.01. The third-order valence-electron chi connectivity index (χ3n) is 4.43. The minimum absolute atomic E-state index is 0. The largest absolute Gasteiger partial charge is 0.491 e. The van der Waals surface area contributed by atoms with E-state index in [0.29, 0.717) is 6.54 Å². The van der Waals surface area contributed by atoms with Gasteiger partial charge in [0.2, 0.25) is 5.95 Å². The summed E-state index contributed by atoms with van der Waals surface area (Å²) in [6, 6.07) is 10.0. The average Bonchev–Trinajstić information content (AvgIpc) is 2.72. The zero-order chi connectivity index (χ0) is 19.8. The number of hydrogen-bond donors (Lipinski definition) is 1. The third-order valence-corrected chi connectivity index (χ3v) is 4.43. The quantitative estimate of drug-likeness (QED) is 0.366. The highest BCUT2D eigenvalue weighted by Crippen LogP contribution is 2.16. The number of nitrogens with one attached hydrogen (secondary N) is 1. The van der Waals surface area contributed by atoms with E-state index in [1.807, 2.05) is 32.0 Å². The van der Waals surface area contributed by atoms with Crippen molar-refractivity contribution in [2.24, 2.45) is 4.99 Å². The summed E-state index contributed by atoms with van der Waals surface area (Å²) in [5.41, 5.74) is 1.14. The van der Waals surface area contributed by atoms with Gasteiger partial charge < -0.3 is 19.9 Å². The van der Waals surface area contributed by atoms with Crippen LogP contribution in [0.2, 0.25) is 0 Å². The van der Waals surface area contributed by atoms with Gasteiger partial charge in [-0.25, -0.2) is 15.0 Å². The molecular weight excluding hydrogens is 479 g/mol. The number of hydrogen-bond acceptors (Lipinski definition) is 5. The molecule has 8 heteroatoms. The number of ether oxygens (including phenoxy) is 1. The van der Waals surface area contributed by atoms with E-state index in [0.717, 1.165) is 55.9 Å². The summed E-state index contributed by atoms with van der Waals surface area (Å²) < 4.78 is 5.79. The molecule has 1 N–H and O–H groups in total. The number of aromatic nitrogens is 2. The second-order valence-electron chi connectivity index (χ2n) is 7.01. The molecule has 1 saturated heterocycles. The summed E-state index contributed by atoms with van der Waals surface area (Å²) >= 11 is 0. The first-order valence-corrected chi connectivity index (χ1v) is 9.96. The van der Waals surface area contributed by atoms with Gasteiger partial charge in [-0.15, -0.1) is 24.0 Å². The fourth-order valence-corrected chi connectivity index (χ4v) is 3.15. The van der Waals surface area contributed by atoms with E-state index in [4.69, 9.17) is 9.73 Å². The van der Waals surface area contributed by atoms with E-state index >= 15 is 0 Å². The van der Waals surface area contributed by atoms with Crippen LogP contribution < -0.4 is 15.0 Å². The fraction of sp³-hybridized carbons (Fsp3) is 0.476. The van der Waals surface area contributed by atoms with Crippen molar-refractivity contribution in [1.29, 1.82) is 0 Å². The van der Waals surface area contributed by atoms with Gasteiger partial charge in [0.15, 0.2) is 5.96 Å². The number of benzene rings is 1. The fourth-order valence-electron chi connectivity index (χ4n) is 3.15. The maximum absolute atomic E-state index is 5.79. The van der Waals surface area contributed by atoms with Crippen LogP contribution >= 0.6 is 24.0 Å². The van der Waals surface area contributed by atoms with Crippen LogP contribution in [0.1, 0.15) is 26.3 Å². The lowest BCUT2D eigenvalue weighted by atomic mass is 10.2. The third kappa shape index (κ3) is 7.02. The van der Waals surface area contributed by atoms with Gasteiger partial charge in [0.05, 0.1) is 12.6 Å². The normalized spacial score (nSPS) is 14.6. The minimum Gasteiger partial charge on any atom is -0.491 e. The molecule has 0 aliphatic carbocycles. The summed E-state index contributed by atoms with van der Waals surface area (Å²) in [5.74, 6) is 2.64. The Labute approximate surface area is 190 Å². The molecular formula is C21H31IN6O. The van der Waals surface area contributed by atoms with Gasteiger partial charge in [-0.2, -0.15) is 0 Å². The SMILES string of the molecule is CCNC(=NCc1cccc(OC(C)C)c1)N1CCN(c2ncccn2)CC1.I. The second kappa shape index (κ2) is 11.8. The molecule has 0 amide bonds. The van der Waals surface area contributed by atoms with Crippen molar-refractivity contribution < 1.29 is 4.74 Å². The Morgan fingerprint density at radius 3 is 2.52 bits per heavy atom. The molecule has 0 atom stereocenters. The Balaban J connectivity index is 0.00000300. The van der Waals surface area contributed by atoms with Crippen LogP contribution in [0.15, 0.2) is 47.7 Å². The number of piperazine rings is 1. The lowest BCUT2D eigenvalue weighted by molar-refractivity contribution is 0.242. The van der Waals surface area contributed by atoms with Crippen molar-refractivity contribution in [2.45, 2.75) is 33.4 Å². The van der Waals surface area contributed by atoms with Crippen molar-refractivity contribution >= 4 is 35.9 Å². The van der Waals surface area contributed by atoms with Crippen molar-refractivity contribution in [1.82, 2.24) is 20.2 Å². The molecule has 0 bridgehead atoms. The lowest BCUT2D eigenvalue weighted by Gasteiger charge is -2.36. The van der Waals surface area contributed by atoms with E-state index in [-0.39, 0.29) is 30.1 Å². The molecule has 1 aliphatic rings. The van der Waals surface area contributed by atoms with Crippen molar-refractivity contribution in [3.8, 4) is 5.75 Å². The highest BCUT2D eigenvalue weighted by atomic mass is 127. The van der Waals surface area contributed by atoms with Gasteiger partial charge >= 0.3 is 0 Å². The first-order chi connectivity index (χ1) is 13.7. The average molecular weight is 510 g/mol. The van der Waals surface area contributed by atoms with Gasteiger partial charge in [-0.05, 0) is 44.5 Å². The molecule has 3 rings (SSSR count). The van der Waals surface area contributed by atoms with Crippen molar-refractivity contribution in [3.05, 3.63) is 48.3 Å². The van der Waals surface area contributed by atoms with Crippen LogP contribution in [0.25, 0.3) is 0 Å². The van der Waals surface area contributed by atoms with Crippen LogP contribution in [-0.2, 0) is 6.54 Å². The molecule has 2 heterocycles. The topological polar surface area (TPSA) is 65.9 Å². The molecule has 29 heavy (non-hydrogen) atoms. The Hall–Kier alpha value is -2.10. The predicted molar refractivity (Wildman–Crippen MR) is 128 cm³/mol. The van der Waals surface area contributed by atoms with E-state index in [9.17, 15) is 0 Å². The van der Waals surface area contributed by atoms with Gasteiger partial charge in [-0.1, -0.05) is 12.1 Å². The first-order valence-electron chi connectivity index (χ1n) is 9.96. The number of aliphatic imine (C=N–C) groups is 1. The molecule has 0 unspecified atom stereocenters. The summed E-state index contributed by atoms with van der Waals surface area (Å²) in [6.07, 6.45) is 3.75. The molecule has 158 valence electrons. The van der Waals surface area contributed by atoms with Crippen LogP contribution in [-0.4, -0.2) is 59.7 Å². The highest BCUT2D eigenvalue weighted by Gasteiger charge is 2.21. The van der Waals surface area contributed by atoms with E-state index in [2.05, 4.69) is 44.1 Å². The van der Waals surface area contributed by atoms with Crippen LogP contribution in [0, 0.1) is 0 Å². The summed E-state index contributed by atoms with van der Waals surface area (Å²) in [7, 11) is 0. The number of rotatable bonds is 6. The van der Waals surface area contributed by atoms with Crippen LogP contribution in [0.3, 0.4) is 0 Å². The minimum atomic E-state index is 0. The first kappa shape index (κ1) is 23.2. The van der Waals surface area contributed by atoms with Crippen molar-refractivity contribution in [2.75, 3.05) is 37.6 Å². The molecule has 0 saturated carbocycles. The molecule has 1 fully saturated rings. The summed E-state index contributed by atoms with van der Waals surface area (Å²) in [6.45, 7) is 11.2. The number of anilines is 1. The summed E-state index contributed by atoms with van der Waals surface area (Å²) in [5, 5.41) is 3.42. The Kier molecular flexibility index (Phi) is 9.43. The number of nitrogens with zero attached hydrogens (tertiary/aromatic N) is 5. The monoisotopic (exact) mass is 510 g/mol. The Bertz CT molecular complexity index is 763. The van der Waals surface area contributed by atoms with E-state index in [1.165, 1.54) is 0 Å². The van der Waals surface area contributed by atoms with E-state index in [1.54, 1.807) is 12.4 Å². The molecule has 1 aliphatic heterocycles. The molecule has 0 radical (unpaired) electrons. The number of guanidine groups is 1. The van der Waals surface area contributed by atoms with E-state index < -0.39 is 0 Å². The summed E-state index contributed by atoms with van der Waals surface area (Å²) in [4.78, 5) is 18.1. The van der Waals surface area contributed by atoms with Crippen LogP contribution in [0.5, 0.6) is 5.75 Å². The van der Waals surface area contributed by atoms with Gasteiger partial charge in [-0.3, -0.25) is 0 Å². The highest BCUT2D eigenvalue weighted by molar-refractivity contribution is 14.0. The van der Waals surface area contributed by atoms with Gasteiger partial charge in [0, 0.05) is 45.1 Å². The van der Waals surface area contributed by atoms with Crippen molar-refractivity contribution in [3.63, 3.8) is 0 Å².